The van der Waals surface area contributed by atoms with Crippen molar-refractivity contribution in [2.24, 2.45) is 5.10 Å². The Kier molecular flexibility index (Phi) is 5.98. The lowest BCUT2D eigenvalue weighted by atomic mass is 10.2. The predicted molar refractivity (Wildman–Crippen MR) is 105 cm³/mol. The number of nitrogens with one attached hydrogen (secondary N) is 1. The highest BCUT2D eigenvalue weighted by molar-refractivity contribution is 7.13. The van der Waals surface area contributed by atoms with Gasteiger partial charge in [-0.3, -0.25) is 5.43 Å². The zero-order chi connectivity index (χ0) is 18.4. The molecule has 0 aliphatic heterocycles. The molecular weight excluding hydrogens is 370 g/mol. The lowest BCUT2D eigenvalue weighted by Gasteiger charge is -2.10. The van der Waals surface area contributed by atoms with Crippen LogP contribution in [-0.2, 0) is 0 Å². The normalized spacial score (nSPS) is 10.8. The molecule has 2 heterocycles. The molecule has 134 valence electrons. The Morgan fingerprint density at radius 1 is 1.31 bits per heavy atom. The van der Waals surface area contributed by atoms with E-state index in [0.717, 1.165) is 16.4 Å². The summed E-state index contributed by atoms with van der Waals surface area (Å²) in [7, 11) is 0. The number of rotatable bonds is 7. The number of thiophene rings is 1. The van der Waals surface area contributed by atoms with Gasteiger partial charge in [0.05, 0.1) is 18.5 Å². The molecule has 0 aliphatic rings. The summed E-state index contributed by atoms with van der Waals surface area (Å²) in [6, 6.07) is 8.81. The van der Waals surface area contributed by atoms with Crippen LogP contribution >= 0.6 is 22.7 Å². The van der Waals surface area contributed by atoms with Crippen molar-refractivity contribution in [1.82, 2.24) is 4.98 Å². The lowest BCUT2D eigenvalue weighted by Crippen LogP contribution is -2.08. The number of hydrazone groups is 1. The van der Waals surface area contributed by atoms with Crippen molar-refractivity contribution >= 4 is 40.0 Å². The van der Waals surface area contributed by atoms with Crippen LogP contribution in [0.15, 0.2) is 46.2 Å². The number of anilines is 1. The van der Waals surface area contributed by atoms with Gasteiger partial charge in [-0.05, 0) is 49.1 Å². The summed E-state index contributed by atoms with van der Waals surface area (Å²) in [5, 5.41) is 8.67. The molecule has 0 radical (unpaired) electrons. The van der Waals surface area contributed by atoms with Gasteiger partial charge < -0.3 is 9.47 Å². The second-order valence-corrected chi connectivity index (χ2v) is 6.98. The molecule has 0 saturated heterocycles. The molecule has 0 spiro atoms. The number of ether oxygens (including phenoxy) is 2. The number of thiazole rings is 1. The fourth-order valence-electron chi connectivity index (χ4n) is 2.07. The van der Waals surface area contributed by atoms with Crippen LogP contribution in [0.1, 0.15) is 27.9 Å². The van der Waals surface area contributed by atoms with Crippen LogP contribution in [-0.4, -0.2) is 23.8 Å². The predicted octanol–water partition coefficient (Wildman–Crippen LogP) is 4.58. The van der Waals surface area contributed by atoms with Crippen LogP contribution in [0.5, 0.6) is 11.5 Å². The standard InChI is InChI=1S/C18H17N3O3S2/c1-3-23-15-9-13(10-19-21-18-20-12(2)11-26-18)6-7-14(15)24-17(22)16-5-4-8-25-16/h4-11H,3H2,1-2H3,(H,20,21). The topological polar surface area (TPSA) is 72.8 Å². The summed E-state index contributed by atoms with van der Waals surface area (Å²) >= 11 is 2.82. The number of carbonyl (C=O) groups is 1. The molecule has 0 bridgehead atoms. The molecule has 0 unspecified atom stereocenters. The SMILES string of the molecule is CCOc1cc(C=NNc2nc(C)cs2)ccc1OC(=O)c1cccs1. The minimum absolute atomic E-state index is 0.380. The minimum atomic E-state index is -0.400. The molecule has 0 fully saturated rings. The van der Waals surface area contributed by atoms with E-state index in [2.05, 4.69) is 15.5 Å². The molecule has 0 amide bonds. The Bertz CT molecular complexity index is 904. The maximum absolute atomic E-state index is 12.1. The van der Waals surface area contributed by atoms with Gasteiger partial charge in [-0.25, -0.2) is 9.78 Å². The molecule has 0 saturated carbocycles. The molecule has 2 aromatic heterocycles. The number of esters is 1. The van der Waals surface area contributed by atoms with Crippen molar-refractivity contribution in [2.75, 3.05) is 12.0 Å². The molecule has 3 aromatic rings. The molecule has 26 heavy (non-hydrogen) atoms. The van der Waals surface area contributed by atoms with Gasteiger partial charge in [-0.15, -0.1) is 22.7 Å². The van der Waals surface area contributed by atoms with Crippen molar-refractivity contribution in [3.8, 4) is 11.5 Å². The first kappa shape index (κ1) is 18.1. The fourth-order valence-corrected chi connectivity index (χ4v) is 3.31. The third kappa shape index (κ3) is 4.68. The van der Waals surface area contributed by atoms with Gasteiger partial charge in [0, 0.05) is 5.38 Å². The number of benzene rings is 1. The van der Waals surface area contributed by atoms with Crippen LogP contribution in [0.4, 0.5) is 5.13 Å². The van der Waals surface area contributed by atoms with Gasteiger partial charge in [-0.2, -0.15) is 5.10 Å². The van der Waals surface area contributed by atoms with Gasteiger partial charge in [0.1, 0.15) is 4.88 Å². The van der Waals surface area contributed by atoms with E-state index in [9.17, 15) is 4.79 Å². The first-order chi connectivity index (χ1) is 12.7. The van der Waals surface area contributed by atoms with E-state index in [1.807, 2.05) is 24.6 Å². The molecule has 1 N–H and O–H groups in total. The Labute approximate surface area is 159 Å². The van der Waals surface area contributed by atoms with E-state index in [1.165, 1.54) is 22.7 Å². The second kappa shape index (κ2) is 8.59. The second-order valence-electron chi connectivity index (χ2n) is 5.17. The summed E-state index contributed by atoms with van der Waals surface area (Å²) in [5.74, 6) is 0.473. The third-order valence-electron chi connectivity index (χ3n) is 3.19. The van der Waals surface area contributed by atoms with E-state index < -0.39 is 5.97 Å². The molecule has 0 atom stereocenters. The molecule has 8 heteroatoms. The first-order valence-corrected chi connectivity index (χ1v) is 9.65. The van der Waals surface area contributed by atoms with E-state index in [0.29, 0.717) is 23.0 Å². The zero-order valence-corrected chi connectivity index (χ0v) is 15.9. The maximum Gasteiger partial charge on any atom is 0.353 e. The summed E-state index contributed by atoms with van der Waals surface area (Å²) in [5.41, 5.74) is 4.64. The van der Waals surface area contributed by atoms with Crippen LogP contribution in [0.2, 0.25) is 0 Å². The van der Waals surface area contributed by atoms with Crippen molar-refractivity contribution in [1.29, 1.82) is 0 Å². The smallest absolute Gasteiger partial charge is 0.353 e. The Balaban J connectivity index is 1.72. The summed E-state index contributed by atoms with van der Waals surface area (Å²) in [6.07, 6.45) is 1.66. The Morgan fingerprint density at radius 3 is 2.88 bits per heavy atom. The van der Waals surface area contributed by atoms with E-state index in [1.54, 1.807) is 36.5 Å². The first-order valence-electron chi connectivity index (χ1n) is 7.89. The molecular formula is C18H17N3O3S2. The number of carbonyl (C=O) groups excluding carboxylic acids is 1. The minimum Gasteiger partial charge on any atom is -0.490 e. The lowest BCUT2D eigenvalue weighted by molar-refractivity contribution is 0.0733. The molecule has 0 aliphatic carbocycles. The third-order valence-corrected chi connectivity index (χ3v) is 4.90. The largest absolute Gasteiger partial charge is 0.490 e. The fraction of sp³-hybridized carbons (Fsp3) is 0.167. The zero-order valence-electron chi connectivity index (χ0n) is 14.3. The molecule has 1 aromatic carbocycles. The van der Waals surface area contributed by atoms with Gasteiger partial charge in [0.25, 0.3) is 0 Å². The van der Waals surface area contributed by atoms with E-state index in [4.69, 9.17) is 9.47 Å². The average molecular weight is 387 g/mol. The number of hydrogen-bond acceptors (Lipinski definition) is 8. The number of nitrogens with zero attached hydrogens (tertiary/aromatic N) is 2. The molecule has 3 rings (SSSR count). The van der Waals surface area contributed by atoms with Gasteiger partial charge in [-0.1, -0.05) is 6.07 Å². The van der Waals surface area contributed by atoms with E-state index >= 15 is 0 Å². The molecule has 6 nitrogen and oxygen atoms in total. The van der Waals surface area contributed by atoms with Gasteiger partial charge in [0.15, 0.2) is 11.5 Å². The number of aromatic nitrogens is 1. The summed E-state index contributed by atoms with van der Waals surface area (Å²) in [4.78, 5) is 17.0. The Morgan fingerprint density at radius 2 is 2.19 bits per heavy atom. The average Bonchev–Trinajstić information content (AvgIpc) is 3.29. The van der Waals surface area contributed by atoms with Crippen LogP contribution in [0, 0.1) is 6.92 Å². The van der Waals surface area contributed by atoms with Crippen LogP contribution in [0.25, 0.3) is 0 Å². The van der Waals surface area contributed by atoms with Gasteiger partial charge in [0.2, 0.25) is 5.13 Å². The van der Waals surface area contributed by atoms with Crippen molar-refractivity contribution in [2.45, 2.75) is 13.8 Å². The summed E-state index contributed by atoms with van der Waals surface area (Å²) in [6.45, 7) is 4.26. The van der Waals surface area contributed by atoms with Crippen molar-refractivity contribution in [3.63, 3.8) is 0 Å². The van der Waals surface area contributed by atoms with Gasteiger partial charge >= 0.3 is 5.97 Å². The highest BCUT2D eigenvalue weighted by Crippen LogP contribution is 2.29. The number of hydrogen-bond donors (Lipinski definition) is 1. The highest BCUT2D eigenvalue weighted by Gasteiger charge is 2.13. The highest BCUT2D eigenvalue weighted by atomic mass is 32.1. The maximum atomic E-state index is 12.1. The quantitative estimate of drug-likeness (QED) is 0.278. The van der Waals surface area contributed by atoms with Crippen molar-refractivity contribution < 1.29 is 14.3 Å². The summed E-state index contributed by atoms with van der Waals surface area (Å²) < 4.78 is 11.0. The van der Waals surface area contributed by atoms with E-state index in [-0.39, 0.29) is 0 Å². The van der Waals surface area contributed by atoms with Crippen LogP contribution < -0.4 is 14.9 Å². The monoisotopic (exact) mass is 387 g/mol. The van der Waals surface area contributed by atoms with Crippen molar-refractivity contribution in [3.05, 3.63) is 57.2 Å². The Hall–Kier alpha value is -2.71. The number of aryl methyl sites for hydroxylation is 1. The van der Waals surface area contributed by atoms with Crippen LogP contribution in [0.3, 0.4) is 0 Å².